The number of nitrogens with one attached hydrogen (secondary N) is 1. The second kappa shape index (κ2) is 7.51. The Bertz CT molecular complexity index is 845. The Labute approximate surface area is 156 Å². The Morgan fingerprint density at radius 1 is 1.16 bits per heavy atom. The summed E-state index contributed by atoms with van der Waals surface area (Å²) in [5.41, 5.74) is 1.95. The van der Waals surface area contributed by atoms with E-state index < -0.39 is 0 Å². The predicted octanol–water partition coefficient (Wildman–Crippen LogP) is 4.17. The number of anilines is 1. The van der Waals surface area contributed by atoms with E-state index in [1.165, 1.54) is 4.90 Å². The molecule has 1 saturated heterocycles. The first-order chi connectivity index (χ1) is 12.1. The van der Waals surface area contributed by atoms with Crippen LogP contribution in [0.3, 0.4) is 0 Å². The average molecular weight is 371 g/mol. The van der Waals surface area contributed by atoms with Crippen molar-refractivity contribution in [1.29, 1.82) is 0 Å². The quantitative estimate of drug-likeness (QED) is 0.487. The highest BCUT2D eigenvalue weighted by atomic mass is 35.5. The summed E-state index contributed by atoms with van der Waals surface area (Å²) in [5.74, 6) is 0.533. The number of benzene rings is 2. The number of carbonyl (C=O) groups excluding carboxylic acids is 1. The fraction of sp³-hybridized carbons (Fsp3) is 0.0526. The highest BCUT2D eigenvalue weighted by Crippen LogP contribution is 2.24. The van der Waals surface area contributed by atoms with Crippen molar-refractivity contribution in [2.24, 2.45) is 0 Å². The number of hydrogen-bond acceptors (Lipinski definition) is 3. The molecule has 1 N–H and O–H groups in total. The van der Waals surface area contributed by atoms with Gasteiger partial charge in [0.05, 0.1) is 5.69 Å². The second-order valence-electron chi connectivity index (χ2n) is 5.27. The molecule has 1 fully saturated rings. The van der Waals surface area contributed by atoms with Crippen LogP contribution >= 0.6 is 23.8 Å². The lowest BCUT2D eigenvalue weighted by Gasteiger charge is -2.13. The molecule has 1 aliphatic rings. The number of hydrogen-bond donors (Lipinski definition) is 1. The Morgan fingerprint density at radius 2 is 1.84 bits per heavy atom. The Morgan fingerprint density at radius 3 is 2.48 bits per heavy atom. The van der Waals surface area contributed by atoms with Gasteiger partial charge in [-0.3, -0.25) is 9.69 Å². The molecule has 4 nitrogen and oxygen atoms in total. The van der Waals surface area contributed by atoms with E-state index in [-0.39, 0.29) is 5.91 Å². The fourth-order valence-electron chi connectivity index (χ4n) is 2.34. The lowest BCUT2D eigenvalue weighted by Crippen LogP contribution is -2.30. The maximum atomic E-state index is 12.7. The van der Waals surface area contributed by atoms with Gasteiger partial charge in [0.25, 0.3) is 5.91 Å². The monoisotopic (exact) mass is 370 g/mol. The number of rotatable bonds is 5. The van der Waals surface area contributed by atoms with Gasteiger partial charge in [-0.25, -0.2) is 0 Å². The summed E-state index contributed by atoms with van der Waals surface area (Å²) in [5, 5.41) is 3.89. The molecule has 0 atom stereocenters. The van der Waals surface area contributed by atoms with Gasteiger partial charge in [0.1, 0.15) is 18.1 Å². The number of amides is 1. The van der Waals surface area contributed by atoms with Crippen LogP contribution in [0.25, 0.3) is 6.08 Å². The smallest absolute Gasteiger partial charge is 0.281 e. The van der Waals surface area contributed by atoms with Gasteiger partial charge in [0, 0.05) is 5.02 Å². The van der Waals surface area contributed by atoms with Crippen molar-refractivity contribution < 1.29 is 9.53 Å². The molecule has 0 unspecified atom stereocenters. The minimum atomic E-state index is -0.209. The largest absolute Gasteiger partial charge is 0.490 e. The van der Waals surface area contributed by atoms with E-state index in [1.54, 1.807) is 36.4 Å². The fourth-order valence-corrected chi connectivity index (χ4v) is 2.77. The molecular formula is C19H15ClN2O2S. The van der Waals surface area contributed by atoms with Crippen molar-refractivity contribution in [3.05, 3.63) is 77.5 Å². The zero-order valence-electron chi connectivity index (χ0n) is 13.2. The van der Waals surface area contributed by atoms with Gasteiger partial charge in [-0.15, -0.1) is 0 Å². The first-order valence-electron chi connectivity index (χ1n) is 7.55. The Balaban J connectivity index is 1.80. The minimum absolute atomic E-state index is 0.209. The van der Waals surface area contributed by atoms with E-state index >= 15 is 0 Å². The van der Waals surface area contributed by atoms with E-state index in [0.29, 0.717) is 28.1 Å². The van der Waals surface area contributed by atoms with Crippen molar-refractivity contribution in [3.63, 3.8) is 0 Å². The first-order valence-corrected chi connectivity index (χ1v) is 8.33. The number of carbonyl (C=O) groups is 1. The molecule has 126 valence electrons. The molecule has 2 aromatic rings. The Kier molecular flexibility index (Phi) is 5.16. The van der Waals surface area contributed by atoms with E-state index in [0.717, 1.165) is 11.3 Å². The minimum Gasteiger partial charge on any atom is -0.490 e. The summed E-state index contributed by atoms with van der Waals surface area (Å²) < 4.78 is 5.44. The van der Waals surface area contributed by atoms with Crippen LogP contribution in [-0.2, 0) is 4.79 Å². The number of thiocarbonyl (C=S) groups is 1. The highest BCUT2D eigenvalue weighted by Gasteiger charge is 2.31. The molecule has 6 heteroatoms. The topological polar surface area (TPSA) is 41.6 Å². The molecule has 3 rings (SSSR count). The standard InChI is InChI=1S/C19H15ClN2O2S/c1-2-11-24-16-9-3-13(4-10-16)12-17-18(23)22(19(25)21-17)15-7-5-14(20)6-8-15/h2-10,12H,1,11H2,(H,21,25)/b17-12-. The summed E-state index contributed by atoms with van der Waals surface area (Å²) in [6.07, 6.45) is 3.44. The molecule has 1 heterocycles. The molecule has 25 heavy (non-hydrogen) atoms. The van der Waals surface area contributed by atoms with Crippen molar-refractivity contribution in [3.8, 4) is 5.75 Å². The zero-order chi connectivity index (χ0) is 17.8. The van der Waals surface area contributed by atoms with Crippen LogP contribution in [0.5, 0.6) is 5.75 Å². The molecule has 0 spiro atoms. The van der Waals surface area contributed by atoms with Crippen LogP contribution in [-0.4, -0.2) is 17.6 Å². The van der Waals surface area contributed by atoms with Gasteiger partial charge < -0.3 is 10.1 Å². The van der Waals surface area contributed by atoms with E-state index in [4.69, 9.17) is 28.6 Å². The van der Waals surface area contributed by atoms with Crippen LogP contribution in [0.4, 0.5) is 5.69 Å². The SMILES string of the molecule is C=CCOc1ccc(/C=C2\NC(=S)N(c3ccc(Cl)cc3)C2=O)cc1. The normalized spacial score (nSPS) is 15.4. The molecule has 0 aliphatic carbocycles. The molecule has 1 amide bonds. The molecule has 1 aliphatic heterocycles. The van der Waals surface area contributed by atoms with Crippen LogP contribution in [0.1, 0.15) is 5.56 Å². The maximum Gasteiger partial charge on any atom is 0.281 e. The molecule has 0 radical (unpaired) electrons. The molecule has 0 bridgehead atoms. The molecular weight excluding hydrogens is 356 g/mol. The predicted molar refractivity (Wildman–Crippen MR) is 105 cm³/mol. The van der Waals surface area contributed by atoms with E-state index in [2.05, 4.69) is 11.9 Å². The summed E-state index contributed by atoms with van der Waals surface area (Å²) in [4.78, 5) is 14.1. The number of nitrogens with zero attached hydrogens (tertiary/aromatic N) is 1. The summed E-state index contributed by atoms with van der Waals surface area (Å²) in [7, 11) is 0. The van der Waals surface area contributed by atoms with Crippen molar-refractivity contribution in [1.82, 2.24) is 5.32 Å². The van der Waals surface area contributed by atoms with Crippen LogP contribution in [0, 0.1) is 0 Å². The average Bonchev–Trinajstić information content (AvgIpc) is 2.89. The van der Waals surface area contributed by atoms with Gasteiger partial charge in [-0.1, -0.05) is 36.4 Å². The summed E-state index contributed by atoms with van der Waals surface area (Å²) in [6, 6.07) is 14.4. The van der Waals surface area contributed by atoms with Crippen molar-refractivity contribution >= 4 is 46.6 Å². The zero-order valence-corrected chi connectivity index (χ0v) is 14.8. The lowest BCUT2D eigenvalue weighted by molar-refractivity contribution is -0.113. The molecule has 2 aromatic carbocycles. The second-order valence-corrected chi connectivity index (χ2v) is 6.10. The summed E-state index contributed by atoms with van der Waals surface area (Å²) >= 11 is 11.2. The Hall–Kier alpha value is -2.63. The third-order valence-corrected chi connectivity index (χ3v) is 4.06. The van der Waals surface area contributed by atoms with Crippen molar-refractivity contribution in [2.75, 3.05) is 11.5 Å². The first kappa shape index (κ1) is 17.2. The van der Waals surface area contributed by atoms with E-state index in [9.17, 15) is 4.79 Å². The molecule has 0 aromatic heterocycles. The third-order valence-electron chi connectivity index (χ3n) is 3.52. The van der Waals surface area contributed by atoms with Crippen LogP contribution < -0.4 is 15.0 Å². The van der Waals surface area contributed by atoms with Crippen LogP contribution in [0.2, 0.25) is 5.02 Å². The van der Waals surface area contributed by atoms with Gasteiger partial charge in [-0.2, -0.15) is 0 Å². The number of halogens is 1. The van der Waals surface area contributed by atoms with Crippen molar-refractivity contribution in [2.45, 2.75) is 0 Å². The van der Waals surface area contributed by atoms with Gasteiger partial charge in [0.2, 0.25) is 0 Å². The van der Waals surface area contributed by atoms with Gasteiger partial charge in [0.15, 0.2) is 5.11 Å². The highest BCUT2D eigenvalue weighted by molar-refractivity contribution is 7.80. The maximum absolute atomic E-state index is 12.7. The number of ether oxygens (including phenoxy) is 1. The summed E-state index contributed by atoms with van der Waals surface area (Å²) in [6.45, 7) is 4.06. The van der Waals surface area contributed by atoms with Crippen LogP contribution in [0.15, 0.2) is 66.9 Å². The van der Waals surface area contributed by atoms with Gasteiger partial charge >= 0.3 is 0 Å². The van der Waals surface area contributed by atoms with E-state index in [1.807, 2.05) is 24.3 Å². The lowest BCUT2D eigenvalue weighted by atomic mass is 10.2. The third kappa shape index (κ3) is 3.90. The van der Waals surface area contributed by atoms with Gasteiger partial charge in [-0.05, 0) is 60.3 Å². The molecule has 0 saturated carbocycles.